The van der Waals surface area contributed by atoms with Crippen LogP contribution in [0.4, 0.5) is 5.69 Å². The number of anilines is 1. The Kier molecular flexibility index (Phi) is 5.92. The minimum Gasteiger partial charge on any atom is -0.497 e. The van der Waals surface area contributed by atoms with Crippen LogP contribution in [0.1, 0.15) is 23.0 Å². The van der Waals surface area contributed by atoms with Crippen LogP contribution in [0.3, 0.4) is 0 Å². The highest BCUT2D eigenvalue weighted by molar-refractivity contribution is 6.10. The van der Waals surface area contributed by atoms with E-state index in [1.54, 1.807) is 14.2 Å². The largest absolute Gasteiger partial charge is 0.497 e. The predicted molar refractivity (Wildman–Crippen MR) is 125 cm³/mol. The van der Waals surface area contributed by atoms with Crippen LogP contribution in [-0.4, -0.2) is 61.7 Å². The predicted octanol–water partition coefficient (Wildman–Crippen LogP) is 3.90. The number of aromatic nitrogens is 1. The lowest BCUT2D eigenvalue weighted by molar-refractivity contribution is 0.0918. The smallest absolute Gasteiger partial charge is 0.179 e. The van der Waals surface area contributed by atoms with E-state index in [4.69, 9.17) is 9.47 Å². The first-order chi connectivity index (χ1) is 14.9. The van der Waals surface area contributed by atoms with Crippen molar-refractivity contribution < 1.29 is 14.3 Å². The standard InChI is InChI=1S/C25H31N3O3/c1-17-15-27(11-12-28(17)19-7-6-8-20(13-19)30-4)16-24(29)25-18(2)26(3)23-10-9-21(31-5)14-22(23)25/h6-10,13-14,17H,11-12,15-16H2,1-5H3/t17-/m0/s1. The van der Waals surface area contributed by atoms with Crippen molar-refractivity contribution in [3.05, 3.63) is 53.7 Å². The van der Waals surface area contributed by atoms with Gasteiger partial charge in [-0.25, -0.2) is 0 Å². The first-order valence-corrected chi connectivity index (χ1v) is 10.7. The third-order valence-electron chi connectivity index (χ3n) is 6.44. The van der Waals surface area contributed by atoms with Crippen molar-refractivity contribution in [1.29, 1.82) is 0 Å². The maximum atomic E-state index is 13.4. The molecule has 0 bridgehead atoms. The maximum Gasteiger partial charge on any atom is 0.179 e. The van der Waals surface area contributed by atoms with Gasteiger partial charge in [0.15, 0.2) is 5.78 Å². The number of ketones is 1. The summed E-state index contributed by atoms with van der Waals surface area (Å²) in [5.41, 5.74) is 4.02. The Labute approximate surface area is 184 Å². The number of carbonyl (C=O) groups excluding carboxylic acids is 1. The van der Waals surface area contributed by atoms with Gasteiger partial charge in [-0.2, -0.15) is 0 Å². The number of benzene rings is 2. The number of rotatable bonds is 6. The quantitative estimate of drug-likeness (QED) is 0.565. The molecule has 4 rings (SSSR count). The van der Waals surface area contributed by atoms with Gasteiger partial charge in [0.1, 0.15) is 11.5 Å². The molecule has 31 heavy (non-hydrogen) atoms. The molecule has 6 nitrogen and oxygen atoms in total. The molecule has 1 atom stereocenters. The van der Waals surface area contributed by atoms with Crippen LogP contribution in [-0.2, 0) is 7.05 Å². The minimum atomic E-state index is 0.165. The van der Waals surface area contributed by atoms with Gasteiger partial charge in [0.2, 0.25) is 0 Å². The highest BCUT2D eigenvalue weighted by atomic mass is 16.5. The van der Waals surface area contributed by atoms with Crippen molar-refractivity contribution in [1.82, 2.24) is 9.47 Å². The maximum absolute atomic E-state index is 13.4. The molecule has 0 saturated carbocycles. The van der Waals surface area contributed by atoms with Gasteiger partial charge in [-0.3, -0.25) is 9.69 Å². The fourth-order valence-electron chi connectivity index (χ4n) is 4.66. The number of piperazine rings is 1. The fourth-order valence-corrected chi connectivity index (χ4v) is 4.66. The summed E-state index contributed by atoms with van der Waals surface area (Å²) in [4.78, 5) is 18.0. The molecule has 1 saturated heterocycles. The van der Waals surface area contributed by atoms with Gasteiger partial charge in [0, 0.05) is 66.6 Å². The monoisotopic (exact) mass is 421 g/mol. The number of hydrogen-bond donors (Lipinski definition) is 0. The Morgan fingerprint density at radius 1 is 1.06 bits per heavy atom. The van der Waals surface area contributed by atoms with Crippen LogP contribution in [0.5, 0.6) is 11.5 Å². The topological polar surface area (TPSA) is 46.9 Å². The summed E-state index contributed by atoms with van der Waals surface area (Å²) < 4.78 is 12.9. The molecule has 0 N–H and O–H groups in total. The fraction of sp³-hybridized carbons (Fsp3) is 0.400. The van der Waals surface area contributed by atoms with Gasteiger partial charge in [-0.15, -0.1) is 0 Å². The molecule has 1 aliphatic rings. The second-order valence-electron chi connectivity index (χ2n) is 8.30. The van der Waals surface area contributed by atoms with Crippen molar-refractivity contribution in [2.75, 3.05) is 45.3 Å². The molecule has 164 valence electrons. The van der Waals surface area contributed by atoms with Gasteiger partial charge < -0.3 is 18.9 Å². The van der Waals surface area contributed by atoms with Crippen LogP contribution in [0, 0.1) is 6.92 Å². The van der Waals surface area contributed by atoms with Crippen molar-refractivity contribution in [3.63, 3.8) is 0 Å². The summed E-state index contributed by atoms with van der Waals surface area (Å²) in [6.45, 7) is 7.22. The average molecular weight is 422 g/mol. The van der Waals surface area contributed by atoms with E-state index in [1.165, 1.54) is 0 Å². The molecular formula is C25H31N3O3. The average Bonchev–Trinajstić information content (AvgIpc) is 3.03. The van der Waals surface area contributed by atoms with E-state index < -0.39 is 0 Å². The third kappa shape index (κ3) is 4.00. The van der Waals surface area contributed by atoms with E-state index >= 15 is 0 Å². The first-order valence-electron chi connectivity index (χ1n) is 10.7. The first kappa shape index (κ1) is 21.2. The van der Waals surface area contributed by atoms with E-state index in [-0.39, 0.29) is 5.78 Å². The molecule has 1 aromatic heterocycles. The van der Waals surface area contributed by atoms with Crippen LogP contribution >= 0.6 is 0 Å². The van der Waals surface area contributed by atoms with Gasteiger partial charge in [-0.05, 0) is 44.2 Å². The third-order valence-corrected chi connectivity index (χ3v) is 6.44. The molecule has 0 amide bonds. The SMILES string of the molecule is COc1cccc(N2CCN(CC(=O)c3c(C)n(C)c4ccc(OC)cc34)C[C@@H]2C)c1. The summed E-state index contributed by atoms with van der Waals surface area (Å²) in [5.74, 6) is 1.80. The molecule has 0 unspecified atom stereocenters. The lowest BCUT2D eigenvalue weighted by Gasteiger charge is -2.41. The summed E-state index contributed by atoms with van der Waals surface area (Å²) in [6, 6.07) is 14.4. The Bertz CT molecular complexity index is 1100. The normalized spacial score (nSPS) is 17.2. The lowest BCUT2D eigenvalue weighted by atomic mass is 10.0. The highest BCUT2D eigenvalue weighted by Crippen LogP contribution is 2.30. The zero-order valence-corrected chi connectivity index (χ0v) is 19.0. The van der Waals surface area contributed by atoms with Gasteiger partial charge in [0.05, 0.1) is 20.8 Å². The van der Waals surface area contributed by atoms with Crippen LogP contribution in [0.15, 0.2) is 42.5 Å². The van der Waals surface area contributed by atoms with Crippen LogP contribution < -0.4 is 14.4 Å². The molecule has 3 aromatic rings. The Morgan fingerprint density at radius 2 is 1.81 bits per heavy atom. The van der Waals surface area contributed by atoms with Crippen LogP contribution in [0.2, 0.25) is 0 Å². The van der Waals surface area contributed by atoms with Crippen molar-refractivity contribution in [2.24, 2.45) is 7.05 Å². The number of methoxy groups -OCH3 is 2. The Morgan fingerprint density at radius 3 is 2.52 bits per heavy atom. The molecule has 0 aliphatic carbocycles. The van der Waals surface area contributed by atoms with Crippen molar-refractivity contribution in [3.8, 4) is 11.5 Å². The van der Waals surface area contributed by atoms with Gasteiger partial charge >= 0.3 is 0 Å². The van der Waals surface area contributed by atoms with E-state index in [0.717, 1.165) is 59.0 Å². The zero-order chi connectivity index (χ0) is 22.1. The second-order valence-corrected chi connectivity index (χ2v) is 8.30. The molecule has 0 spiro atoms. The highest BCUT2D eigenvalue weighted by Gasteiger charge is 2.27. The Balaban J connectivity index is 1.51. The van der Waals surface area contributed by atoms with Crippen molar-refractivity contribution >= 4 is 22.4 Å². The molecular weight excluding hydrogens is 390 g/mol. The molecule has 0 radical (unpaired) electrons. The number of fused-ring (bicyclic) bond motifs is 1. The number of ether oxygens (including phenoxy) is 2. The van der Waals surface area contributed by atoms with Gasteiger partial charge in [0.25, 0.3) is 0 Å². The van der Waals surface area contributed by atoms with Gasteiger partial charge in [-0.1, -0.05) is 6.07 Å². The van der Waals surface area contributed by atoms with E-state index in [1.807, 2.05) is 44.3 Å². The van der Waals surface area contributed by atoms with Crippen LogP contribution in [0.25, 0.3) is 10.9 Å². The number of nitrogens with zero attached hydrogens (tertiary/aromatic N) is 3. The summed E-state index contributed by atoms with van der Waals surface area (Å²) in [5, 5.41) is 0.965. The summed E-state index contributed by atoms with van der Waals surface area (Å²) in [6.07, 6.45) is 0. The summed E-state index contributed by atoms with van der Waals surface area (Å²) in [7, 11) is 5.36. The minimum absolute atomic E-state index is 0.165. The summed E-state index contributed by atoms with van der Waals surface area (Å²) >= 11 is 0. The molecule has 1 fully saturated rings. The number of aryl methyl sites for hydroxylation is 1. The molecule has 2 aromatic carbocycles. The van der Waals surface area contributed by atoms with E-state index in [2.05, 4.69) is 33.4 Å². The van der Waals surface area contributed by atoms with Crippen molar-refractivity contribution in [2.45, 2.75) is 19.9 Å². The molecule has 2 heterocycles. The number of carbonyl (C=O) groups is 1. The Hall–Kier alpha value is -2.99. The molecule has 1 aliphatic heterocycles. The second kappa shape index (κ2) is 8.63. The number of Topliss-reactive ketones (excluding diaryl/α,β-unsaturated/α-hetero) is 1. The molecule has 6 heteroatoms. The lowest BCUT2D eigenvalue weighted by Crippen LogP contribution is -2.53. The number of hydrogen-bond acceptors (Lipinski definition) is 5. The van der Waals surface area contributed by atoms with E-state index in [0.29, 0.717) is 12.6 Å². The van der Waals surface area contributed by atoms with E-state index in [9.17, 15) is 4.79 Å². The zero-order valence-electron chi connectivity index (χ0n) is 19.0.